The molecule has 0 aromatic heterocycles. The van der Waals surface area contributed by atoms with Crippen LogP contribution in [0.5, 0.6) is 0 Å². The molecule has 4 fully saturated rings. The minimum Gasteiger partial charge on any atom is -0.330 e. The van der Waals surface area contributed by atoms with Crippen LogP contribution in [0.1, 0.15) is 37.8 Å². The Bertz CT molecular complexity index is 1100. The lowest BCUT2D eigenvalue weighted by Crippen LogP contribution is -2.57. The Morgan fingerprint density at radius 2 is 1.97 bits per heavy atom. The maximum absolute atomic E-state index is 13.3. The standard InChI is InChI=1S/C24H32N6O4S/c1-14(15-4-6-19(7-5-15)35(2,3)30(33)34)28-18-10-22(24(28)32)27(12-18)13-20(26)23(31)29-17(11-25)8-16-9-21(16)29/h4-7,14,16-18,20-22H,8-10,12-13,26H2,1-3H3/t14-,16+,17?,18-,20?,21?,22?/m0/s1. The van der Waals surface area contributed by atoms with Crippen LogP contribution in [-0.4, -0.2) is 86.7 Å². The normalized spacial score (nSPS) is 31.7. The zero-order valence-corrected chi connectivity index (χ0v) is 21.1. The zero-order valence-electron chi connectivity index (χ0n) is 20.2. The second-order valence-corrected chi connectivity index (χ2v) is 14.0. The lowest BCUT2D eigenvalue weighted by Gasteiger charge is -2.38. The van der Waals surface area contributed by atoms with Crippen molar-refractivity contribution in [1.29, 1.82) is 5.26 Å². The molecule has 3 aliphatic heterocycles. The second-order valence-electron chi connectivity index (χ2n) is 10.6. The number of fused-ring (bicyclic) bond motifs is 3. The van der Waals surface area contributed by atoms with Gasteiger partial charge in [-0.1, -0.05) is 12.1 Å². The number of hydrogen-bond acceptors (Lipinski definition) is 7. The van der Waals surface area contributed by atoms with Crippen LogP contribution in [0.15, 0.2) is 29.2 Å². The number of nitriles is 1. The highest BCUT2D eigenvalue weighted by Crippen LogP contribution is 2.50. The van der Waals surface area contributed by atoms with Crippen LogP contribution in [0.4, 0.5) is 0 Å². The number of nitro groups is 1. The number of rotatable bonds is 7. The Morgan fingerprint density at radius 3 is 2.57 bits per heavy atom. The topological polar surface area (TPSA) is 137 Å². The summed E-state index contributed by atoms with van der Waals surface area (Å²) in [7, 11) is -2.12. The van der Waals surface area contributed by atoms with Gasteiger partial charge in [0.15, 0.2) is 0 Å². The summed E-state index contributed by atoms with van der Waals surface area (Å²) >= 11 is 0. The molecule has 188 valence electrons. The van der Waals surface area contributed by atoms with Crippen LogP contribution in [0.3, 0.4) is 0 Å². The molecular formula is C24H32N6O4S. The number of piperazine rings is 1. The van der Waals surface area contributed by atoms with Crippen molar-refractivity contribution < 1.29 is 13.9 Å². The molecular weight excluding hydrogens is 468 g/mol. The number of benzene rings is 1. The van der Waals surface area contributed by atoms with E-state index in [0.717, 1.165) is 18.4 Å². The van der Waals surface area contributed by atoms with Gasteiger partial charge < -0.3 is 15.5 Å². The third kappa shape index (κ3) is 3.88. The van der Waals surface area contributed by atoms with E-state index in [1.54, 1.807) is 29.5 Å². The molecule has 2 amide bonds. The molecule has 10 nitrogen and oxygen atoms in total. The molecule has 4 unspecified atom stereocenters. The van der Waals surface area contributed by atoms with Gasteiger partial charge in [0.05, 0.1) is 33.4 Å². The number of carbonyl (C=O) groups is 2. The summed E-state index contributed by atoms with van der Waals surface area (Å²) in [4.78, 5) is 44.0. The fourth-order valence-corrected chi connectivity index (χ4v) is 7.11. The van der Waals surface area contributed by atoms with Gasteiger partial charge in [0.2, 0.25) is 11.8 Å². The van der Waals surface area contributed by atoms with Crippen molar-refractivity contribution in [3.05, 3.63) is 39.9 Å². The molecule has 2 N–H and O–H groups in total. The molecule has 7 atom stereocenters. The fraction of sp³-hybridized carbons (Fsp3) is 0.625. The van der Waals surface area contributed by atoms with Crippen LogP contribution in [0.2, 0.25) is 0 Å². The molecule has 0 spiro atoms. The minimum absolute atomic E-state index is 0.0343. The van der Waals surface area contributed by atoms with Gasteiger partial charge >= 0.3 is 0 Å². The Hall–Kier alpha value is -2.68. The van der Waals surface area contributed by atoms with Crippen molar-refractivity contribution in [1.82, 2.24) is 14.7 Å². The largest absolute Gasteiger partial charge is 0.330 e. The van der Waals surface area contributed by atoms with Crippen molar-refractivity contribution in [2.45, 2.75) is 67.3 Å². The summed E-state index contributed by atoms with van der Waals surface area (Å²) < 4.78 is -0.217. The van der Waals surface area contributed by atoms with Crippen molar-refractivity contribution in [3.63, 3.8) is 0 Å². The number of piperidine rings is 1. The molecule has 1 aliphatic carbocycles. The summed E-state index contributed by atoms with van der Waals surface area (Å²) in [6, 6.07) is 8.24. The third-order valence-electron chi connectivity index (χ3n) is 8.30. The van der Waals surface area contributed by atoms with E-state index in [9.17, 15) is 25.0 Å². The summed E-state index contributed by atoms with van der Waals surface area (Å²) in [5, 5.41) is 20.8. The van der Waals surface area contributed by atoms with Crippen LogP contribution in [-0.2, 0) is 9.59 Å². The minimum atomic E-state index is -2.12. The van der Waals surface area contributed by atoms with Gasteiger partial charge in [-0.05, 0) is 49.8 Å². The molecule has 2 bridgehead atoms. The number of hydrogen-bond donors (Lipinski definition) is 1. The van der Waals surface area contributed by atoms with E-state index < -0.39 is 16.3 Å². The highest BCUT2D eigenvalue weighted by molar-refractivity contribution is 8.27. The number of carbonyl (C=O) groups excluding carboxylic acids is 2. The summed E-state index contributed by atoms with van der Waals surface area (Å²) in [6.45, 7) is 2.96. The molecule has 5 rings (SSSR count). The van der Waals surface area contributed by atoms with E-state index >= 15 is 0 Å². The monoisotopic (exact) mass is 500 g/mol. The smallest absolute Gasteiger partial charge is 0.242 e. The quantitative estimate of drug-likeness (QED) is 0.442. The Labute approximate surface area is 206 Å². The van der Waals surface area contributed by atoms with Crippen LogP contribution < -0.4 is 5.73 Å². The Balaban J connectivity index is 1.22. The molecule has 0 radical (unpaired) electrons. The number of likely N-dealkylation sites (tertiary alicyclic amines) is 3. The predicted molar refractivity (Wildman–Crippen MR) is 131 cm³/mol. The molecule has 35 heavy (non-hydrogen) atoms. The highest BCUT2D eigenvalue weighted by Gasteiger charge is 2.56. The first kappa shape index (κ1) is 24.0. The fourth-order valence-electron chi connectivity index (χ4n) is 6.14. The van der Waals surface area contributed by atoms with Gasteiger partial charge in [-0.25, -0.2) is 0 Å². The molecule has 1 aromatic rings. The first-order valence-electron chi connectivity index (χ1n) is 12.1. The van der Waals surface area contributed by atoms with Crippen molar-refractivity contribution in [3.8, 4) is 6.07 Å². The summed E-state index contributed by atoms with van der Waals surface area (Å²) in [6.07, 6.45) is 5.72. The van der Waals surface area contributed by atoms with Crippen LogP contribution in [0.25, 0.3) is 0 Å². The van der Waals surface area contributed by atoms with Crippen LogP contribution >= 0.6 is 10.2 Å². The molecule has 3 saturated heterocycles. The maximum atomic E-state index is 13.3. The van der Waals surface area contributed by atoms with Crippen molar-refractivity contribution >= 4 is 22.0 Å². The average Bonchev–Trinajstić information content (AvgIpc) is 3.16. The highest BCUT2D eigenvalue weighted by atomic mass is 32.3. The second kappa shape index (κ2) is 8.47. The lowest BCUT2D eigenvalue weighted by molar-refractivity contribution is -0.295. The maximum Gasteiger partial charge on any atom is 0.242 e. The van der Waals surface area contributed by atoms with Crippen molar-refractivity contribution in [2.24, 2.45) is 11.7 Å². The first-order chi connectivity index (χ1) is 16.5. The van der Waals surface area contributed by atoms with Gasteiger partial charge in [0, 0.05) is 47.9 Å². The first-order valence-corrected chi connectivity index (χ1v) is 14.5. The molecule has 1 aromatic carbocycles. The number of nitrogens with zero attached hydrogens (tertiary/aromatic N) is 5. The summed E-state index contributed by atoms with van der Waals surface area (Å²) in [5.74, 6) is 0.297. The average molecular weight is 501 g/mol. The van der Waals surface area contributed by atoms with Crippen LogP contribution in [0, 0.1) is 27.4 Å². The van der Waals surface area contributed by atoms with Gasteiger partial charge in [0.1, 0.15) is 6.04 Å². The number of nitrogens with two attached hydrogens (primary N) is 1. The Kier molecular flexibility index (Phi) is 5.81. The molecule has 1 saturated carbocycles. The predicted octanol–water partition coefficient (Wildman–Crippen LogP) is 1.49. The molecule has 3 heterocycles. The molecule has 4 aliphatic rings. The third-order valence-corrected chi connectivity index (χ3v) is 10.5. The van der Waals surface area contributed by atoms with Gasteiger partial charge in [-0.3, -0.25) is 24.6 Å². The Morgan fingerprint density at radius 1 is 1.29 bits per heavy atom. The summed E-state index contributed by atoms with van der Waals surface area (Å²) in [5.41, 5.74) is 7.24. The van der Waals surface area contributed by atoms with E-state index in [4.69, 9.17) is 5.73 Å². The van der Waals surface area contributed by atoms with E-state index in [0.29, 0.717) is 30.3 Å². The van der Waals surface area contributed by atoms with Gasteiger partial charge in [0.25, 0.3) is 0 Å². The lowest BCUT2D eigenvalue weighted by atomic mass is 10.1. The van der Waals surface area contributed by atoms with Gasteiger partial charge in [-0.15, -0.1) is 0 Å². The SMILES string of the molecule is C[C@@H](c1ccc(S(C)(C)[N+](=O)[O-])cc1)N1C(=O)C2C[C@H]1CN2CC(N)C(=O)N1C(C#N)C[C@@H]2CC21. The van der Waals surface area contributed by atoms with E-state index in [1.165, 1.54) is 0 Å². The van der Waals surface area contributed by atoms with Gasteiger partial charge in [-0.2, -0.15) is 5.26 Å². The zero-order chi connectivity index (χ0) is 25.2. The number of amides is 2. The van der Waals surface area contributed by atoms with E-state index in [2.05, 4.69) is 6.07 Å². The molecule has 11 heteroatoms. The van der Waals surface area contributed by atoms with E-state index in [1.807, 2.05) is 28.9 Å². The van der Waals surface area contributed by atoms with Crippen molar-refractivity contribution in [2.75, 3.05) is 25.6 Å². The van der Waals surface area contributed by atoms with E-state index in [-0.39, 0.29) is 46.4 Å².